The molecule has 0 saturated heterocycles. The van der Waals surface area contributed by atoms with Crippen molar-refractivity contribution in [3.05, 3.63) is 63.1 Å². The Morgan fingerprint density at radius 2 is 1.82 bits per heavy atom. The summed E-state index contributed by atoms with van der Waals surface area (Å²) in [6, 6.07) is 10.1. The van der Waals surface area contributed by atoms with Crippen molar-refractivity contribution in [2.24, 2.45) is 0 Å². The molecule has 28 heavy (non-hydrogen) atoms. The average molecular weight is 441 g/mol. The Morgan fingerprint density at radius 1 is 1.18 bits per heavy atom. The van der Waals surface area contributed by atoms with Crippen molar-refractivity contribution in [2.75, 3.05) is 13.1 Å². The van der Waals surface area contributed by atoms with Gasteiger partial charge in [-0.1, -0.05) is 48.3 Å². The van der Waals surface area contributed by atoms with Crippen molar-refractivity contribution in [1.29, 1.82) is 0 Å². The van der Waals surface area contributed by atoms with Crippen molar-refractivity contribution in [3.8, 4) is 0 Å². The van der Waals surface area contributed by atoms with E-state index in [9.17, 15) is 13.2 Å². The molecule has 8 heteroatoms. The van der Waals surface area contributed by atoms with Crippen LogP contribution in [0, 0.1) is 0 Å². The first-order valence-corrected chi connectivity index (χ1v) is 11.3. The van der Waals surface area contributed by atoms with Crippen LogP contribution in [0.5, 0.6) is 0 Å². The molecule has 3 rings (SSSR count). The molecule has 0 saturated carbocycles. The van der Waals surface area contributed by atoms with Crippen LogP contribution in [0.15, 0.2) is 41.3 Å². The fraction of sp³-hybridized carbons (Fsp3) is 0.350. The fourth-order valence-electron chi connectivity index (χ4n) is 3.65. The molecule has 0 aromatic heterocycles. The Labute approximate surface area is 175 Å². The number of nitrogens with one attached hydrogen (secondary N) is 1. The largest absolute Gasteiger partial charge is 0.335 e. The Bertz CT molecular complexity index is 988. The zero-order valence-corrected chi connectivity index (χ0v) is 18.0. The molecule has 0 fully saturated rings. The van der Waals surface area contributed by atoms with Crippen LogP contribution in [0.25, 0.3) is 0 Å². The van der Waals surface area contributed by atoms with Gasteiger partial charge in [-0.3, -0.25) is 4.79 Å². The lowest BCUT2D eigenvalue weighted by Gasteiger charge is -2.36. The number of rotatable bonds is 5. The van der Waals surface area contributed by atoms with Gasteiger partial charge in [0.2, 0.25) is 15.9 Å². The van der Waals surface area contributed by atoms with E-state index in [1.807, 2.05) is 13.0 Å². The van der Waals surface area contributed by atoms with Gasteiger partial charge in [0.05, 0.1) is 17.4 Å². The molecule has 0 spiro atoms. The summed E-state index contributed by atoms with van der Waals surface area (Å²) < 4.78 is 27.6. The minimum absolute atomic E-state index is 0.0897. The van der Waals surface area contributed by atoms with Crippen LogP contribution in [0.2, 0.25) is 10.0 Å². The van der Waals surface area contributed by atoms with Crippen LogP contribution in [0.3, 0.4) is 0 Å². The lowest BCUT2D eigenvalue weighted by molar-refractivity contribution is -0.133. The maximum atomic E-state index is 13.0. The molecule has 0 radical (unpaired) electrons. The number of fused-ring (bicyclic) bond motifs is 1. The minimum Gasteiger partial charge on any atom is -0.335 e. The minimum atomic E-state index is -3.56. The number of hydrogen-bond donors (Lipinski definition) is 1. The van der Waals surface area contributed by atoms with E-state index in [1.165, 1.54) is 0 Å². The first kappa shape index (κ1) is 21.1. The van der Waals surface area contributed by atoms with Crippen LogP contribution in [-0.2, 0) is 27.7 Å². The lowest BCUT2D eigenvalue weighted by Crippen LogP contribution is -2.40. The topological polar surface area (TPSA) is 66.5 Å². The number of benzene rings is 2. The van der Waals surface area contributed by atoms with Gasteiger partial charge in [0.1, 0.15) is 0 Å². The third-order valence-electron chi connectivity index (χ3n) is 5.02. The molecule has 150 valence electrons. The second kappa shape index (κ2) is 8.41. The number of carbonyl (C=O) groups excluding carboxylic acids is 1. The van der Waals surface area contributed by atoms with Gasteiger partial charge in [0.25, 0.3) is 0 Å². The fourth-order valence-corrected chi connectivity index (χ4v) is 5.52. The van der Waals surface area contributed by atoms with E-state index in [0.29, 0.717) is 40.0 Å². The summed E-state index contributed by atoms with van der Waals surface area (Å²) in [4.78, 5) is 15.0. The molecule has 1 N–H and O–H groups in total. The molecule has 5 nitrogen and oxygen atoms in total. The first-order valence-electron chi connectivity index (χ1n) is 9.10. The Kier molecular flexibility index (Phi) is 6.34. The first-order chi connectivity index (χ1) is 13.3. The van der Waals surface area contributed by atoms with E-state index in [2.05, 4.69) is 4.72 Å². The summed E-state index contributed by atoms with van der Waals surface area (Å²) >= 11 is 12.4. The number of hydrogen-bond acceptors (Lipinski definition) is 3. The quantitative estimate of drug-likeness (QED) is 0.764. The lowest BCUT2D eigenvalue weighted by atomic mass is 9.93. The van der Waals surface area contributed by atoms with E-state index in [-0.39, 0.29) is 18.4 Å². The summed E-state index contributed by atoms with van der Waals surface area (Å²) in [5.74, 6) is -0.0897. The van der Waals surface area contributed by atoms with E-state index < -0.39 is 10.0 Å². The molecule has 1 aliphatic rings. The van der Waals surface area contributed by atoms with Crippen LogP contribution >= 0.6 is 23.2 Å². The highest BCUT2D eigenvalue weighted by atomic mass is 35.5. The van der Waals surface area contributed by atoms with Crippen molar-refractivity contribution in [2.45, 2.75) is 37.6 Å². The number of halogens is 2. The highest BCUT2D eigenvalue weighted by Crippen LogP contribution is 2.34. The van der Waals surface area contributed by atoms with Crippen molar-refractivity contribution in [3.63, 3.8) is 0 Å². The van der Waals surface area contributed by atoms with Gasteiger partial charge in [-0.05, 0) is 48.2 Å². The highest BCUT2D eigenvalue weighted by molar-refractivity contribution is 7.89. The molecule has 2 aromatic carbocycles. The van der Waals surface area contributed by atoms with Crippen LogP contribution in [0.4, 0.5) is 0 Å². The predicted octanol–water partition coefficient (Wildman–Crippen LogP) is 3.98. The zero-order valence-electron chi connectivity index (χ0n) is 15.7. The van der Waals surface area contributed by atoms with Crippen molar-refractivity contribution in [1.82, 2.24) is 9.62 Å². The molecule has 2 aromatic rings. The Morgan fingerprint density at radius 3 is 2.46 bits per heavy atom. The summed E-state index contributed by atoms with van der Waals surface area (Å²) in [7, 11) is -3.56. The zero-order chi connectivity index (χ0) is 20.5. The third-order valence-corrected chi connectivity index (χ3v) is 7.36. The van der Waals surface area contributed by atoms with E-state index in [1.54, 1.807) is 42.2 Å². The number of nitrogens with zero attached hydrogens (tertiary/aromatic N) is 1. The molecule has 1 heterocycles. The molecule has 1 aliphatic heterocycles. The third kappa shape index (κ3) is 4.06. The van der Waals surface area contributed by atoms with Crippen molar-refractivity contribution >= 4 is 39.1 Å². The van der Waals surface area contributed by atoms with Crippen LogP contribution in [-0.4, -0.2) is 32.3 Å². The number of sulfonamides is 1. The van der Waals surface area contributed by atoms with E-state index in [0.717, 1.165) is 11.1 Å². The van der Waals surface area contributed by atoms with Gasteiger partial charge in [-0.15, -0.1) is 0 Å². The van der Waals surface area contributed by atoms with Gasteiger partial charge in [-0.2, -0.15) is 0 Å². The number of carbonyl (C=O) groups is 1. The summed E-state index contributed by atoms with van der Waals surface area (Å²) in [6.45, 7) is 4.42. The molecule has 0 unspecified atom stereocenters. The molecule has 0 aliphatic carbocycles. The van der Waals surface area contributed by atoms with E-state index >= 15 is 0 Å². The number of amides is 1. The SMILES string of the molecule is CCNS(=O)(=O)c1cccc2c1CCN(C(=O)Cc1c(Cl)cccc1Cl)[C@H]2C. The summed E-state index contributed by atoms with van der Waals surface area (Å²) in [5, 5.41) is 0.926. The van der Waals surface area contributed by atoms with Gasteiger partial charge < -0.3 is 4.90 Å². The normalized spacial score (nSPS) is 16.7. The smallest absolute Gasteiger partial charge is 0.240 e. The van der Waals surface area contributed by atoms with Crippen LogP contribution < -0.4 is 4.72 Å². The average Bonchev–Trinajstić information content (AvgIpc) is 2.64. The molecule has 1 atom stereocenters. The summed E-state index contributed by atoms with van der Waals surface area (Å²) in [6.07, 6.45) is 0.579. The molecular formula is C20H22Cl2N2O3S. The maximum Gasteiger partial charge on any atom is 0.240 e. The van der Waals surface area contributed by atoms with Gasteiger partial charge in [0, 0.05) is 23.1 Å². The Hall–Kier alpha value is -1.60. The van der Waals surface area contributed by atoms with Crippen LogP contribution in [0.1, 0.15) is 36.6 Å². The highest BCUT2D eigenvalue weighted by Gasteiger charge is 2.31. The van der Waals surface area contributed by atoms with Gasteiger partial charge in [0.15, 0.2) is 0 Å². The maximum absolute atomic E-state index is 13.0. The molecular weight excluding hydrogens is 419 g/mol. The standard InChI is InChI=1S/C20H22Cl2N2O3S/c1-3-23-28(26,27)19-9-4-6-14-13(2)24(11-10-15(14)19)20(25)12-16-17(21)7-5-8-18(16)22/h4-9,13,23H,3,10-12H2,1-2H3/t13-/m0/s1. The second-order valence-corrected chi connectivity index (χ2v) is 9.27. The van der Waals surface area contributed by atoms with Gasteiger partial charge in [-0.25, -0.2) is 13.1 Å². The molecule has 0 bridgehead atoms. The predicted molar refractivity (Wildman–Crippen MR) is 111 cm³/mol. The van der Waals surface area contributed by atoms with E-state index in [4.69, 9.17) is 23.2 Å². The van der Waals surface area contributed by atoms with Crippen molar-refractivity contribution < 1.29 is 13.2 Å². The Balaban J connectivity index is 1.89. The van der Waals surface area contributed by atoms with Gasteiger partial charge >= 0.3 is 0 Å². The molecule has 1 amide bonds. The summed E-state index contributed by atoms with van der Waals surface area (Å²) in [5.41, 5.74) is 2.23. The second-order valence-electron chi connectivity index (χ2n) is 6.72. The monoisotopic (exact) mass is 440 g/mol.